The van der Waals surface area contributed by atoms with Crippen LogP contribution in [0.2, 0.25) is 0 Å². The first-order chi connectivity index (χ1) is 9.26. The molecule has 0 fully saturated rings. The van der Waals surface area contributed by atoms with Gasteiger partial charge in [0.15, 0.2) is 0 Å². The monoisotopic (exact) mass is 259 g/mol. The van der Waals surface area contributed by atoms with Crippen LogP contribution in [0, 0.1) is 0 Å². The summed E-state index contributed by atoms with van der Waals surface area (Å²) in [5.74, 6) is 0. The highest BCUT2D eigenvalue weighted by Gasteiger charge is 2.10. The Labute approximate surface area is 117 Å². The van der Waals surface area contributed by atoms with E-state index in [1.165, 1.54) is 0 Å². The van der Waals surface area contributed by atoms with Crippen LogP contribution in [0.25, 0.3) is 0 Å². The Morgan fingerprint density at radius 3 is 2.37 bits per heavy atom. The van der Waals surface area contributed by atoms with E-state index in [1.54, 1.807) is 0 Å². The molecule has 0 aliphatic heterocycles. The third-order valence-corrected chi connectivity index (χ3v) is 3.05. The molecule has 0 aliphatic carbocycles. The minimum absolute atomic E-state index is 0.339. The van der Waals surface area contributed by atoms with Crippen molar-refractivity contribution in [2.75, 3.05) is 24.5 Å². The van der Waals surface area contributed by atoms with Crippen molar-refractivity contribution in [2.45, 2.75) is 26.3 Å². The molecule has 1 aromatic rings. The van der Waals surface area contributed by atoms with Crippen molar-refractivity contribution in [3.8, 4) is 0 Å². The Bertz CT molecular complexity index is 373. The average Bonchev–Trinajstić information content (AvgIpc) is 2.45. The maximum absolute atomic E-state index is 4.58. The zero-order chi connectivity index (χ0) is 14.1. The van der Waals surface area contributed by atoms with E-state index in [-0.39, 0.29) is 0 Å². The van der Waals surface area contributed by atoms with Crippen molar-refractivity contribution in [1.82, 2.24) is 10.3 Å². The van der Waals surface area contributed by atoms with Crippen molar-refractivity contribution in [3.05, 3.63) is 49.3 Å². The number of nitrogens with one attached hydrogen (secondary N) is 1. The van der Waals surface area contributed by atoms with E-state index in [1.807, 2.05) is 18.3 Å². The third kappa shape index (κ3) is 4.52. The second-order valence-corrected chi connectivity index (χ2v) is 4.44. The van der Waals surface area contributed by atoms with Gasteiger partial charge in [0.2, 0.25) is 0 Å². The fourth-order valence-corrected chi connectivity index (χ4v) is 2.09. The van der Waals surface area contributed by atoms with E-state index in [2.05, 4.69) is 54.3 Å². The number of pyridine rings is 1. The zero-order valence-electron chi connectivity index (χ0n) is 12.1. The fourth-order valence-electron chi connectivity index (χ4n) is 2.09. The molecule has 1 aromatic heterocycles. The Kier molecular flexibility index (Phi) is 6.90. The number of anilines is 1. The fraction of sp³-hybridized carbons (Fsp3) is 0.438. The summed E-state index contributed by atoms with van der Waals surface area (Å²) in [6.45, 7) is 14.4. The highest BCUT2D eigenvalue weighted by Crippen LogP contribution is 2.18. The van der Waals surface area contributed by atoms with Gasteiger partial charge in [-0.1, -0.05) is 26.0 Å². The Morgan fingerprint density at radius 2 is 1.95 bits per heavy atom. The van der Waals surface area contributed by atoms with E-state index in [4.69, 9.17) is 0 Å². The molecule has 1 unspecified atom stereocenters. The predicted molar refractivity (Wildman–Crippen MR) is 83.6 cm³/mol. The van der Waals surface area contributed by atoms with Crippen molar-refractivity contribution in [1.29, 1.82) is 0 Å². The SMILES string of the molecule is C=CCN(CC=C)c1ccc(C(CC)NCC)nc1. The molecule has 0 radical (unpaired) electrons. The lowest BCUT2D eigenvalue weighted by Crippen LogP contribution is -2.24. The van der Waals surface area contributed by atoms with Crippen molar-refractivity contribution < 1.29 is 0 Å². The molecule has 3 heteroatoms. The van der Waals surface area contributed by atoms with Crippen LogP contribution in [-0.2, 0) is 0 Å². The number of aromatic nitrogens is 1. The average molecular weight is 259 g/mol. The lowest BCUT2D eigenvalue weighted by molar-refractivity contribution is 0.525. The summed E-state index contributed by atoms with van der Waals surface area (Å²) in [6, 6.07) is 4.56. The first kappa shape index (κ1) is 15.4. The van der Waals surface area contributed by atoms with Crippen molar-refractivity contribution in [2.24, 2.45) is 0 Å². The molecular weight excluding hydrogens is 234 g/mol. The van der Waals surface area contributed by atoms with Gasteiger partial charge in [0.1, 0.15) is 0 Å². The largest absolute Gasteiger partial charge is 0.363 e. The van der Waals surface area contributed by atoms with Gasteiger partial charge in [0, 0.05) is 19.1 Å². The molecule has 0 aliphatic rings. The first-order valence-corrected chi connectivity index (χ1v) is 6.92. The molecule has 3 nitrogen and oxygen atoms in total. The van der Waals surface area contributed by atoms with Gasteiger partial charge in [-0.2, -0.15) is 0 Å². The molecular formula is C16H25N3. The van der Waals surface area contributed by atoms with Crippen molar-refractivity contribution >= 4 is 5.69 Å². The van der Waals surface area contributed by atoms with Gasteiger partial charge < -0.3 is 10.2 Å². The molecule has 1 rings (SSSR count). The lowest BCUT2D eigenvalue weighted by Gasteiger charge is -2.22. The molecule has 1 N–H and O–H groups in total. The second kappa shape index (κ2) is 8.48. The second-order valence-electron chi connectivity index (χ2n) is 4.44. The van der Waals surface area contributed by atoms with Crippen LogP contribution in [0.1, 0.15) is 32.0 Å². The van der Waals surface area contributed by atoms with Crippen molar-refractivity contribution in [3.63, 3.8) is 0 Å². The minimum Gasteiger partial charge on any atom is -0.363 e. The first-order valence-electron chi connectivity index (χ1n) is 6.92. The summed E-state index contributed by atoms with van der Waals surface area (Å²) in [7, 11) is 0. The summed E-state index contributed by atoms with van der Waals surface area (Å²) in [6.07, 6.45) is 6.77. The van der Waals surface area contributed by atoms with Gasteiger partial charge in [0.25, 0.3) is 0 Å². The quantitative estimate of drug-likeness (QED) is 0.690. The summed E-state index contributed by atoms with van der Waals surface area (Å²) < 4.78 is 0. The van der Waals surface area contributed by atoms with Gasteiger partial charge in [0.05, 0.1) is 17.6 Å². The number of hydrogen-bond acceptors (Lipinski definition) is 3. The van der Waals surface area contributed by atoms with E-state index < -0.39 is 0 Å². The van der Waals surface area contributed by atoms with E-state index >= 15 is 0 Å². The molecule has 0 saturated heterocycles. The van der Waals surface area contributed by atoms with Crippen LogP contribution >= 0.6 is 0 Å². The van der Waals surface area contributed by atoms with Gasteiger partial charge in [-0.15, -0.1) is 13.2 Å². The number of rotatable bonds is 9. The van der Waals surface area contributed by atoms with E-state index in [0.29, 0.717) is 6.04 Å². The molecule has 104 valence electrons. The number of hydrogen-bond donors (Lipinski definition) is 1. The maximum atomic E-state index is 4.58. The zero-order valence-corrected chi connectivity index (χ0v) is 12.1. The highest BCUT2D eigenvalue weighted by molar-refractivity contribution is 5.46. The molecule has 0 aromatic carbocycles. The summed E-state index contributed by atoms with van der Waals surface area (Å²) in [5, 5.41) is 3.44. The van der Waals surface area contributed by atoms with E-state index in [9.17, 15) is 0 Å². The minimum atomic E-state index is 0.339. The molecule has 0 bridgehead atoms. The third-order valence-electron chi connectivity index (χ3n) is 3.05. The van der Waals surface area contributed by atoms with Gasteiger partial charge >= 0.3 is 0 Å². The van der Waals surface area contributed by atoms with Crippen LogP contribution in [0.15, 0.2) is 43.6 Å². The molecule has 0 amide bonds. The highest BCUT2D eigenvalue weighted by atomic mass is 15.1. The summed E-state index contributed by atoms with van der Waals surface area (Å²) in [5.41, 5.74) is 2.21. The summed E-state index contributed by atoms with van der Waals surface area (Å²) >= 11 is 0. The molecule has 0 spiro atoms. The normalized spacial score (nSPS) is 11.9. The predicted octanol–water partition coefficient (Wildman–Crippen LogP) is 3.32. The molecule has 19 heavy (non-hydrogen) atoms. The Morgan fingerprint density at radius 1 is 1.26 bits per heavy atom. The Balaban J connectivity index is 2.83. The smallest absolute Gasteiger partial charge is 0.0574 e. The van der Waals surface area contributed by atoms with Crippen LogP contribution in [0.5, 0.6) is 0 Å². The van der Waals surface area contributed by atoms with Gasteiger partial charge in [-0.3, -0.25) is 4.98 Å². The van der Waals surface area contributed by atoms with Crippen LogP contribution in [0.3, 0.4) is 0 Å². The Hall–Kier alpha value is -1.61. The molecule has 1 atom stereocenters. The van der Waals surface area contributed by atoms with Crippen LogP contribution in [0.4, 0.5) is 5.69 Å². The summed E-state index contributed by atoms with van der Waals surface area (Å²) in [4.78, 5) is 6.77. The standard InChI is InChI=1S/C16H25N3/c1-5-11-19(12-6-2)14-9-10-16(18-13-14)15(7-3)17-8-4/h5-6,9-10,13,15,17H,1-2,7-8,11-12H2,3-4H3. The van der Waals surface area contributed by atoms with Crippen LogP contribution < -0.4 is 10.2 Å². The topological polar surface area (TPSA) is 28.2 Å². The van der Waals surface area contributed by atoms with Crippen LogP contribution in [-0.4, -0.2) is 24.6 Å². The maximum Gasteiger partial charge on any atom is 0.0574 e. The van der Waals surface area contributed by atoms with E-state index in [0.717, 1.165) is 37.4 Å². The van der Waals surface area contributed by atoms with Gasteiger partial charge in [-0.05, 0) is 25.1 Å². The molecule has 0 saturated carbocycles. The van der Waals surface area contributed by atoms with Gasteiger partial charge in [-0.25, -0.2) is 0 Å². The number of nitrogens with zero attached hydrogens (tertiary/aromatic N) is 2. The molecule has 1 heterocycles. The lowest BCUT2D eigenvalue weighted by atomic mass is 10.1.